The Kier molecular flexibility index (Phi) is 4.34. The molecule has 2 aromatic carbocycles. The Bertz CT molecular complexity index is 821. The molecule has 0 aromatic heterocycles. The van der Waals surface area contributed by atoms with E-state index in [1.165, 1.54) is 7.11 Å². The molecule has 24 heavy (non-hydrogen) atoms. The standard InChI is InChI=1S/C21H21NO2/c1-15-13-19(22-18-12-8-7-9-16(18)2)21(14-15,20(23)24-3)17-10-5-4-6-11-17/h4-13H,14H2,1-3H3. The zero-order valence-corrected chi connectivity index (χ0v) is 14.2. The summed E-state index contributed by atoms with van der Waals surface area (Å²) in [6.07, 6.45) is 2.60. The third-order valence-electron chi connectivity index (χ3n) is 4.52. The van der Waals surface area contributed by atoms with Gasteiger partial charge in [0.2, 0.25) is 0 Å². The Balaban J connectivity index is 2.21. The van der Waals surface area contributed by atoms with Crippen LogP contribution in [-0.4, -0.2) is 18.8 Å². The van der Waals surface area contributed by atoms with E-state index in [0.29, 0.717) is 6.42 Å². The van der Waals surface area contributed by atoms with Gasteiger partial charge in [-0.2, -0.15) is 0 Å². The molecule has 0 amide bonds. The van der Waals surface area contributed by atoms with E-state index in [1.807, 2.05) is 74.5 Å². The molecule has 0 bridgehead atoms. The smallest absolute Gasteiger partial charge is 0.322 e. The molecule has 0 aliphatic heterocycles. The number of carbonyl (C=O) groups is 1. The van der Waals surface area contributed by atoms with Crippen molar-refractivity contribution in [3.05, 3.63) is 77.4 Å². The van der Waals surface area contributed by atoms with Crippen molar-refractivity contribution in [3.8, 4) is 0 Å². The van der Waals surface area contributed by atoms with Crippen LogP contribution in [-0.2, 0) is 14.9 Å². The largest absolute Gasteiger partial charge is 0.468 e. The molecule has 0 saturated heterocycles. The minimum absolute atomic E-state index is 0.269. The zero-order chi connectivity index (χ0) is 17.2. The summed E-state index contributed by atoms with van der Waals surface area (Å²) in [5, 5.41) is 0. The van der Waals surface area contributed by atoms with Crippen LogP contribution in [0.15, 0.2) is 71.2 Å². The lowest BCUT2D eigenvalue weighted by Crippen LogP contribution is -2.41. The van der Waals surface area contributed by atoms with Crippen LogP contribution in [0.5, 0.6) is 0 Å². The molecular formula is C21H21NO2. The molecule has 3 heteroatoms. The highest BCUT2D eigenvalue weighted by molar-refractivity contribution is 6.20. The molecule has 0 N–H and O–H groups in total. The Labute approximate surface area is 142 Å². The van der Waals surface area contributed by atoms with E-state index in [9.17, 15) is 4.79 Å². The topological polar surface area (TPSA) is 38.7 Å². The van der Waals surface area contributed by atoms with E-state index < -0.39 is 5.41 Å². The monoisotopic (exact) mass is 319 g/mol. The molecule has 1 aliphatic rings. The summed E-state index contributed by atoms with van der Waals surface area (Å²) in [5.74, 6) is -0.269. The number of hydrogen-bond acceptors (Lipinski definition) is 3. The number of aliphatic imine (C=N–C) groups is 1. The van der Waals surface area contributed by atoms with Crippen LogP contribution in [0.1, 0.15) is 24.5 Å². The van der Waals surface area contributed by atoms with Crippen molar-refractivity contribution in [2.45, 2.75) is 25.7 Å². The molecule has 0 saturated carbocycles. The van der Waals surface area contributed by atoms with E-state index in [0.717, 1.165) is 28.1 Å². The molecular weight excluding hydrogens is 298 g/mol. The van der Waals surface area contributed by atoms with E-state index >= 15 is 0 Å². The number of hydrogen-bond donors (Lipinski definition) is 0. The summed E-state index contributed by atoms with van der Waals surface area (Å²) < 4.78 is 5.19. The number of aryl methyl sites for hydroxylation is 1. The lowest BCUT2D eigenvalue weighted by atomic mass is 9.76. The molecule has 1 unspecified atom stereocenters. The van der Waals surface area contributed by atoms with Gasteiger partial charge in [0.05, 0.1) is 18.5 Å². The van der Waals surface area contributed by atoms with Crippen molar-refractivity contribution in [1.82, 2.24) is 0 Å². The van der Waals surface area contributed by atoms with Gasteiger partial charge >= 0.3 is 5.97 Å². The Morgan fingerprint density at radius 3 is 2.38 bits per heavy atom. The van der Waals surface area contributed by atoms with Crippen molar-refractivity contribution in [2.75, 3.05) is 7.11 Å². The first-order valence-corrected chi connectivity index (χ1v) is 8.04. The van der Waals surface area contributed by atoms with Crippen LogP contribution in [0.4, 0.5) is 5.69 Å². The average Bonchev–Trinajstić information content (AvgIpc) is 2.94. The van der Waals surface area contributed by atoms with Gasteiger partial charge in [-0.15, -0.1) is 0 Å². The van der Waals surface area contributed by atoms with Gasteiger partial charge in [-0.25, -0.2) is 0 Å². The van der Waals surface area contributed by atoms with Gasteiger partial charge in [-0.3, -0.25) is 9.79 Å². The van der Waals surface area contributed by atoms with E-state index in [-0.39, 0.29) is 5.97 Å². The minimum Gasteiger partial charge on any atom is -0.468 e. The number of para-hydroxylation sites is 1. The summed E-state index contributed by atoms with van der Waals surface area (Å²) in [4.78, 5) is 17.7. The summed E-state index contributed by atoms with van der Waals surface area (Å²) in [6, 6.07) is 17.7. The Morgan fingerprint density at radius 2 is 1.71 bits per heavy atom. The number of rotatable bonds is 3. The predicted molar refractivity (Wildman–Crippen MR) is 96.8 cm³/mol. The highest BCUT2D eigenvalue weighted by Crippen LogP contribution is 2.41. The second-order valence-electron chi connectivity index (χ2n) is 6.21. The van der Waals surface area contributed by atoms with Crippen LogP contribution in [0, 0.1) is 6.92 Å². The molecule has 0 radical (unpaired) electrons. The fraction of sp³-hybridized carbons (Fsp3) is 0.238. The lowest BCUT2D eigenvalue weighted by Gasteiger charge is -2.28. The molecule has 1 atom stereocenters. The number of allylic oxidation sites excluding steroid dienone is 2. The maximum atomic E-state index is 12.8. The van der Waals surface area contributed by atoms with Gasteiger partial charge in [0.15, 0.2) is 0 Å². The average molecular weight is 319 g/mol. The van der Waals surface area contributed by atoms with Crippen molar-refractivity contribution in [2.24, 2.45) is 4.99 Å². The van der Waals surface area contributed by atoms with Gasteiger partial charge in [-0.05, 0) is 43.5 Å². The lowest BCUT2D eigenvalue weighted by molar-refractivity contribution is -0.144. The van der Waals surface area contributed by atoms with Crippen molar-refractivity contribution in [1.29, 1.82) is 0 Å². The fourth-order valence-electron chi connectivity index (χ4n) is 3.30. The molecule has 2 aromatic rings. The van der Waals surface area contributed by atoms with Gasteiger partial charge in [0, 0.05) is 0 Å². The second kappa shape index (κ2) is 6.44. The van der Waals surface area contributed by atoms with Crippen molar-refractivity contribution in [3.63, 3.8) is 0 Å². The molecule has 122 valence electrons. The van der Waals surface area contributed by atoms with Crippen LogP contribution in [0.25, 0.3) is 0 Å². The maximum Gasteiger partial charge on any atom is 0.322 e. The number of ether oxygens (including phenoxy) is 1. The van der Waals surface area contributed by atoms with Crippen molar-refractivity contribution >= 4 is 17.4 Å². The Hall–Kier alpha value is -2.68. The highest BCUT2D eigenvalue weighted by Gasteiger charge is 2.48. The SMILES string of the molecule is COC(=O)C1(c2ccccc2)CC(C)=CC1=Nc1ccccc1C. The molecule has 3 rings (SSSR count). The molecule has 3 nitrogen and oxygen atoms in total. The summed E-state index contributed by atoms with van der Waals surface area (Å²) in [6.45, 7) is 4.05. The number of benzene rings is 2. The van der Waals surface area contributed by atoms with Gasteiger partial charge in [-0.1, -0.05) is 54.1 Å². The van der Waals surface area contributed by atoms with Crippen LogP contribution >= 0.6 is 0 Å². The van der Waals surface area contributed by atoms with E-state index in [1.54, 1.807) is 0 Å². The van der Waals surface area contributed by atoms with Crippen LogP contribution < -0.4 is 0 Å². The molecule has 0 fully saturated rings. The number of nitrogens with zero attached hydrogens (tertiary/aromatic N) is 1. The molecule has 0 spiro atoms. The van der Waals surface area contributed by atoms with Gasteiger partial charge in [0.1, 0.15) is 5.41 Å². The van der Waals surface area contributed by atoms with Gasteiger partial charge in [0.25, 0.3) is 0 Å². The number of carbonyl (C=O) groups excluding carboxylic acids is 1. The van der Waals surface area contributed by atoms with Crippen LogP contribution in [0.2, 0.25) is 0 Å². The first kappa shape index (κ1) is 16.2. The van der Waals surface area contributed by atoms with Gasteiger partial charge < -0.3 is 4.74 Å². The highest BCUT2D eigenvalue weighted by atomic mass is 16.5. The molecule has 0 heterocycles. The summed E-state index contributed by atoms with van der Waals surface area (Å²) in [5.41, 5.74) is 3.86. The fourth-order valence-corrected chi connectivity index (χ4v) is 3.30. The third-order valence-corrected chi connectivity index (χ3v) is 4.52. The predicted octanol–water partition coefficient (Wildman–Crippen LogP) is 4.53. The normalized spacial score (nSPS) is 21.6. The first-order valence-electron chi connectivity index (χ1n) is 8.04. The minimum atomic E-state index is -0.873. The summed E-state index contributed by atoms with van der Waals surface area (Å²) in [7, 11) is 1.44. The summed E-state index contributed by atoms with van der Waals surface area (Å²) >= 11 is 0. The number of methoxy groups -OCH3 is 1. The first-order chi connectivity index (χ1) is 11.6. The molecule has 1 aliphatic carbocycles. The quantitative estimate of drug-likeness (QED) is 0.780. The van der Waals surface area contributed by atoms with Crippen LogP contribution in [0.3, 0.4) is 0 Å². The van der Waals surface area contributed by atoms with E-state index in [4.69, 9.17) is 9.73 Å². The third kappa shape index (κ3) is 2.67. The van der Waals surface area contributed by atoms with E-state index in [2.05, 4.69) is 0 Å². The van der Waals surface area contributed by atoms with Crippen molar-refractivity contribution < 1.29 is 9.53 Å². The number of esters is 1. The Morgan fingerprint density at radius 1 is 1.04 bits per heavy atom. The zero-order valence-electron chi connectivity index (χ0n) is 14.2. The second-order valence-corrected chi connectivity index (χ2v) is 6.21. The maximum absolute atomic E-state index is 12.8.